The Morgan fingerprint density at radius 2 is 1.63 bits per heavy atom. The summed E-state index contributed by atoms with van der Waals surface area (Å²) < 4.78 is 5.76. The van der Waals surface area contributed by atoms with Gasteiger partial charge in [-0.05, 0) is 41.5 Å². The second-order valence-electron chi connectivity index (χ2n) is 7.33. The van der Waals surface area contributed by atoms with Gasteiger partial charge < -0.3 is 10.1 Å². The Morgan fingerprint density at radius 1 is 1.00 bits per heavy atom. The van der Waals surface area contributed by atoms with Crippen molar-refractivity contribution in [1.82, 2.24) is 0 Å². The molecule has 1 amide bonds. The molecule has 3 heteroatoms. The molecule has 0 heterocycles. The number of rotatable bonds is 8. The molecule has 0 aliphatic carbocycles. The molecular formula is C24H31NO2. The number of amides is 1. The molecule has 0 aliphatic heterocycles. The summed E-state index contributed by atoms with van der Waals surface area (Å²) in [6, 6.07) is 14.0. The maximum Gasteiger partial charge on any atom is 0.248 e. The minimum absolute atomic E-state index is 0.129. The van der Waals surface area contributed by atoms with Crippen LogP contribution >= 0.6 is 0 Å². The van der Waals surface area contributed by atoms with Gasteiger partial charge in [0.25, 0.3) is 0 Å². The summed E-state index contributed by atoms with van der Waals surface area (Å²) in [5, 5.41) is 3.11. The summed E-state index contributed by atoms with van der Waals surface area (Å²) in [6.07, 6.45) is 4.34. The van der Waals surface area contributed by atoms with Crippen molar-refractivity contribution in [3.63, 3.8) is 0 Å². The van der Waals surface area contributed by atoms with E-state index in [9.17, 15) is 4.79 Å². The summed E-state index contributed by atoms with van der Waals surface area (Å²) in [5.41, 5.74) is 4.17. The van der Waals surface area contributed by atoms with Crippen LogP contribution in [-0.4, -0.2) is 12.5 Å². The number of carbonyl (C=O) groups excluding carboxylic acids is 1. The highest BCUT2D eigenvalue weighted by molar-refractivity contribution is 6.03. The highest BCUT2D eigenvalue weighted by atomic mass is 16.5. The van der Waals surface area contributed by atoms with E-state index in [2.05, 4.69) is 58.1 Å². The topological polar surface area (TPSA) is 38.3 Å². The van der Waals surface area contributed by atoms with Gasteiger partial charge in [-0.3, -0.25) is 4.79 Å². The third kappa shape index (κ3) is 5.72. The van der Waals surface area contributed by atoms with Gasteiger partial charge in [0.05, 0.1) is 6.61 Å². The Balaban J connectivity index is 2.23. The van der Waals surface area contributed by atoms with Crippen molar-refractivity contribution in [2.75, 3.05) is 11.9 Å². The summed E-state index contributed by atoms with van der Waals surface area (Å²) in [6.45, 7) is 11.3. The van der Waals surface area contributed by atoms with Crippen LogP contribution in [0.5, 0.6) is 5.75 Å². The Hall–Kier alpha value is -2.55. The zero-order chi connectivity index (χ0) is 19.8. The van der Waals surface area contributed by atoms with Crippen molar-refractivity contribution in [3.05, 3.63) is 65.2 Å². The molecule has 2 aromatic carbocycles. The second-order valence-corrected chi connectivity index (χ2v) is 7.33. The number of anilines is 1. The Kier molecular flexibility index (Phi) is 7.66. The van der Waals surface area contributed by atoms with Crippen LogP contribution in [0.2, 0.25) is 0 Å². The summed E-state index contributed by atoms with van der Waals surface area (Å²) >= 11 is 0. The van der Waals surface area contributed by atoms with Gasteiger partial charge in [0, 0.05) is 17.3 Å². The Bertz CT molecular complexity index is 764. The van der Waals surface area contributed by atoms with Gasteiger partial charge in [-0.2, -0.15) is 0 Å². The third-order valence-electron chi connectivity index (χ3n) is 4.42. The van der Waals surface area contributed by atoms with Gasteiger partial charge >= 0.3 is 0 Å². The van der Waals surface area contributed by atoms with Gasteiger partial charge in [-0.25, -0.2) is 0 Å². The normalized spacial score (nSPS) is 11.4. The van der Waals surface area contributed by atoms with Crippen molar-refractivity contribution < 1.29 is 9.53 Å². The molecular weight excluding hydrogens is 334 g/mol. The van der Waals surface area contributed by atoms with E-state index in [1.165, 1.54) is 0 Å². The molecule has 0 spiro atoms. The van der Waals surface area contributed by atoms with Crippen molar-refractivity contribution >= 4 is 17.7 Å². The van der Waals surface area contributed by atoms with E-state index in [-0.39, 0.29) is 5.91 Å². The largest absolute Gasteiger partial charge is 0.493 e. The fourth-order valence-electron chi connectivity index (χ4n) is 2.99. The molecule has 27 heavy (non-hydrogen) atoms. The first kappa shape index (κ1) is 20.8. The first-order valence-corrected chi connectivity index (χ1v) is 9.77. The van der Waals surface area contributed by atoms with Crippen LogP contribution in [0.15, 0.2) is 48.5 Å². The maximum absolute atomic E-state index is 12.6. The fraction of sp³-hybridized carbons (Fsp3) is 0.375. The Morgan fingerprint density at radius 3 is 2.22 bits per heavy atom. The predicted octanol–water partition coefficient (Wildman–Crippen LogP) is 6.37. The number of para-hydroxylation sites is 2. The molecule has 2 rings (SSSR count). The van der Waals surface area contributed by atoms with Gasteiger partial charge in [-0.1, -0.05) is 71.0 Å². The van der Waals surface area contributed by atoms with Crippen molar-refractivity contribution in [2.24, 2.45) is 0 Å². The van der Waals surface area contributed by atoms with E-state index in [1.54, 1.807) is 6.08 Å². The molecule has 3 nitrogen and oxygen atoms in total. The van der Waals surface area contributed by atoms with Gasteiger partial charge in [0.15, 0.2) is 0 Å². The number of nitrogens with one attached hydrogen (secondary N) is 1. The summed E-state index contributed by atoms with van der Waals surface area (Å²) in [4.78, 5) is 12.6. The first-order valence-electron chi connectivity index (χ1n) is 9.77. The lowest BCUT2D eigenvalue weighted by atomic mass is 9.92. The number of carbonyl (C=O) groups is 1. The summed E-state index contributed by atoms with van der Waals surface area (Å²) in [5.74, 6) is 1.35. The average Bonchev–Trinajstić information content (AvgIpc) is 2.65. The molecule has 0 atom stereocenters. The van der Waals surface area contributed by atoms with E-state index in [4.69, 9.17) is 4.74 Å². The predicted molar refractivity (Wildman–Crippen MR) is 115 cm³/mol. The number of hydrogen-bond acceptors (Lipinski definition) is 2. The molecule has 0 saturated heterocycles. The van der Waals surface area contributed by atoms with Crippen LogP contribution < -0.4 is 10.1 Å². The van der Waals surface area contributed by atoms with Crippen LogP contribution in [0.4, 0.5) is 5.69 Å². The maximum atomic E-state index is 12.6. The van der Waals surface area contributed by atoms with Crippen LogP contribution in [0.3, 0.4) is 0 Å². The quantitative estimate of drug-likeness (QED) is 0.552. The number of ether oxygens (including phenoxy) is 1. The van der Waals surface area contributed by atoms with Crippen LogP contribution in [0.25, 0.3) is 6.08 Å². The Labute approximate surface area is 163 Å². The summed E-state index contributed by atoms with van der Waals surface area (Å²) in [7, 11) is 0. The molecule has 0 fully saturated rings. The molecule has 0 radical (unpaired) electrons. The monoisotopic (exact) mass is 365 g/mol. The average molecular weight is 366 g/mol. The molecule has 0 unspecified atom stereocenters. The van der Waals surface area contributed by atoms with Gasteiger partial charge in [0.1, 0.15) is 5.75 Å². The standard InChI is InChI=1S/C24H31NO2/c1-6-16-27-22-13-8-7-10-19(22)14-15-23(26)25-24-20(17(2)3)11-9-12-21(24)18(4)5/h7-15,17-18H,6,16H2,1-5H3,(H,25,26)/b15-14+. The van der Waals surface area contributed by atoms with Gasteiger partial charge in [0.2, 0.25) is 5.91 Å². The van der Waals surface area contributed by atoms with E-state index >= 15 is 0 Å². The minimum atomic E-state index is -0.129. The molecule has 0 aromatic heterocycles. The lowest BCUT2D eigenvalue weighted by Gasteiger charge is -2.19. The third-order valence-corrected chi connectivity index (χ3v) is 4.42. The highest BCUT2D eigenvalue weighted by Gasteiger charge is 2.15. The van der Waals surface area contributed by atoms with Crippen LogP contribution in [0.1, 0.15) is 69.6 Å². The smallest absolute Gasteiger partial charge is 0.248 e. The molecule has 1 N–H and O–H groups in total. The van der Waals surface area contributed by atoms with Crippen LogP contribution in [0, 0.1) is 0 Å². The van der Waals surface area contributed by atoms with E-state index < -0.39 is 0 Å². The SMILES string of the molecule is CCCOc1ccccc1/C=C/C(=O)Nc1c(C(C)C)cccc1C(C)C. The highest BCUT2D eigenvalue weighted by Crippen LogP contribution is 2.32. The van der Waals surface area contributed by atoms with E-state index in [1.807, 2.05) is 30.3 Å². The van der Waals surface area contributed by atoms with E-state index in [0.717, 1.165) is 34.5 Å². The van der Waals surface area contributed by atoms with Crippen LogP contribution in [-0.2, 0) is 4.79 Å². The first-order chi connectivity index (χ1) is 12.9. The zero-order valence-electron chi connectivity index (χ0n) is 17.1. The molecule has 144 valence electrons. The minimum Gasteiger partial charge on any atom is -0.493 e. The number of hydrogen-bond donors (Lipinski definition) is 1. The number of benzene rings is 2. The molecule has 0 saturated carbocycles. The van der Waals surface area contributed by atoms with E-state index in [0.29, 0.717) is 18.4 Å². The van der Waals surface area contributed by atoms with Crippen molar-refractivity contribution in [1.29, 1.82) is 0 Å². The zero-order valence-corrected chi connectivity index (χ0v) is 17.1. The lowest BCUT2D eigenvalue weighted by Crippen LogP contribution is -2.13. The molecule has 0 aliphatic rings. The second kappa shape index (κ2) is 9.96. The van der Waals surface area contributed by atoms with Crippen molar-refractivity contribution in [3.8, 4) is 5.75 Å². The lowest BCUT2D eigenvalue weighted by molar-refractivity contribution is -0.111. The van der Waals surface area contributed by atoms with Gasteiger partial charge in [-0.15, -0.1) is 0 Å². The van der Waals surface area contributed by atoms with Crippen molar-refractivity contribution in [2.45, 2.75) is 52.9 Å². The molecule has 2 aromatic rings. The fourth-order valence-corrected chi connectivity index (χ4v) is 2.99. The molecule has 0 bridgehead atoms.